The Bertz CT molecular complexity index is 279. The van der Waals surface area contributed by atoms with E-state index in [1.807, 2.05) is 6.92 Å². The summed E-state index contributed by atoms with van der Waals surface area (Å²) in [4.78, 5) is 4.03. The smallest absolute Gasteiger partial charge is 0.248 e. The molecule has 0 amide bonds. The van der Waals surface area contributed by atoms with Crippen molar-refractivity contribution in [2.75, 3.05) is 13.1 Å². The summed E-state index contributed by atoms with van der Waals surface area (Å²) in [6, 6.07) is 0. The molecule has 5 heteroatoms. The summed E-state index contributed by atoms with van der Waals surface area (Å²) in [5.74, 6) is -1.95. The third kappa shape index (κ3) is 4.59. The van der Waals surface area contributed by atoms with E-state index in [1.54, 1.807) is 0 Å². The number of halogens is 2. The molecule has 0 aliphatic heterocycles. The number of nitrogens with zero attached hydrogens (tertiary/aromatic N) is 1. The van der Waals surface area contributed by atoms with E-state index in [0.29, 0.717) is 19.0 Å². The lowest BCUT2D eigenvalue weighted by Gasteiger charge is -2.34. The number of nitrogens with one attached hydrogen (secondary N) is 1. The van der Waals surface area contributed by atoms with Gasteiger partial charge in [0.15, 0.2) is 5.96 Å². The summed E-state index contributed by atoms with van der Waals surface area (Å²) in [6.07, 6.45) is 0.744. The number of hydrogen-bond acceptors (Lipinski definition) is 1. The molecule has 0 aromatic carbocycles. The van der Waals surface area contributed by atoms with Crippen molar-refractivity contribution in [2.24, 2.45) is 16.6 Å². The van der Waals surface area contributed by atoms with Crippen LogP contribution >= 0.6 is 0 Å². The van der Waals surface area contributed by atoms with Gasteiger partial charge < -0.3 is 11.1 Å². The van der Waals surface area contributed by atoms with Crippen molar-refractivity contribution in [1.82, 2.24) is 5.32 Å². The number of nitrogens with two attached hydrogens (primary N) is 1. The maximum Gasteiger partial charge on any atom is 0.248 e. The second-order valence-corrected chi connectivity index (χ2v) is 4.50. The molecule has 1 rings (SSSR count). The molecule has 0 heterocycles. The number of hydrogen-bond donors (Lipinski definition) is 2. The Morgan fingerprint density at radius 2 is 2.19 bits per heavy atom. The number of aliphatic imine (C=N–C) groups is 1. The minimum absolute atomic E-state index is 0.0114. The summed E-state index contributed by atoms with van der Waals surface area (Å²) >= 11 is 0. The molecule has 16 heavy (non-hydrogen) atoms. The van der Waals surface area contributed by atoms with Gasteiger partial charge in [0.1, 0.15) is 0 Å². The SMILES string of the molecule is C=C(C)CN=C(N)NCCC1CC(F)(F)C1. The lowest BCUT2D eigenvalue weighted by atomic mass is 9.79. The van der Waals surface area contributed by atoms with Crippen LogP contribution in [0.5, 0.6) is 0 Å². The molecule has 0 unspecified atom stereocenters. The van der Waals surface area contributed by atoms with Crippen molar-refractivity contribution >= 4 is 5.96 Å². The van der Waals surface area contributed by atoms with Gasteiger partial charge in [-0.05, 0) is 19.3 Å². The highest BCUT2D eigenvalue weighted by Crippen LogP contribution is 2.43. The van der Waals surface area contributed by atoms with Gasteiger partial charge in [-0.15, -0.1) is 0 Å². The van der Waals surface area contributed by atoms with Crippen LogP contribution in [0.2, 0.25) is 0 Å². The van der Waals surface area contributed by atoms with Gasteiger partial charge in [-0.3, -0.25) is 0 Å². The molecular formula is C11H19F2N3. The van der Waals surface area contributed by atoms with Gasteiger partial charge >= 0.3 is 0 Å². The normalized spacial score (nSPS) is 20.3. The fraction of sp³-hybridized carbons (Fsp3) is 0.727. The predicted octanol–water partition coefficient (Wildman–Crippen LogP) is 1.90. The van der Waals surface area contributed by atoms with Gasteiger partial charge in [0.25, 0.3) is 0 Å². The molecule has 3 nitrogen and oxygen atoms in total. The zero-order chi connectivity index (χ0) is 12.2. The molecule has 0 saturated heterocycles. The molecule has 0 aromatic heterocycles. The topological polar surface area (TPSA) is 50.4 Å². The van der Waals surface area contributed by atoms with Gasteiger partial charge in [0.05, 0.1) is 6.54 Å². The first kappa shape index (κ1) is 12.9. The number of alkyl halides is 2. The molecule has 3 N–H and O–H groups in total. The van der Waals surface area contributed by atoms with Crippen LogP contribution in [0.15, 0.2) is 17.1 Å². The fourth-order valence-corrected chi connectivity index (χ4v) is 1.67. The van der Waals surface area contributed by atoms with Crippen LogP contribution in [0.1, 0.15) is 26.2 Å². The first-order chi connectivity index (χ1) is 7.39. The molecule has 1 aliphatic carbocycles. The van der Waals surface area contributed by atoms with Crippen molar-refractivity contribution in [3.8, 4) is 0 Å². The average Bonchev–Trinajstić information content (AvgIpc) is 2.11. The maximum atomic E-state index is 12.5. The molecule has 0 spiro atoms. The monoisotopic (exact) mass is 231 g/mol. The zero-order valence-corrected chi connectivity index (χ0v) is 9.60. The van der Waals surface area contributed by atoms with E-state index < -0.39 is 5.92 Å². The van der Waals surface area contributed by atoms with Crippen molar-refractivity contribution in [3.63, 3.8) is 0 Å². The summed E-state index contributed by atoms with van der Waals surface area (Å²) in [7, 11) is 0. The van der Waals surface area contributed by atoms with E-state index in [-0.39, 0.29) is 18.8 Å². The molecule has 0 radical (unpaired) electrons. The average molecular weight is 231 g/mol. The second kappa shape index (κ2) is 5.27. The van der Waals surface area contributed by atoms with Crippen molar-refractivity contribution < 1.29 is 8.78 Å². The van der Waals surface area contributed by atoms with Gasteiger partial charge in [-0.25, -0.2) is 13.8 Å². The quantitative estimate of drug-likeness (QED) is 0.431. The Morgan fingerprint density at radius 3 is 2.69 bits per heavy atom. The summed E-state index contributed by atoms with van der Waals surface area (Å²) in [5, 5.41) is 2.91. The Balaban J connectivity index is 2.07. The molecule has 0 aromatic rings. The van der Waals surface area contributed by atoms with E-state index in [2.05, 4.69) is 16.9 Å². The van der Waals surface area contributed by atoms with Crippen molar-refractivity contribution in [1.29, 1.82) is 0 Å². The van der Waals surface area contributed by atoms with E-state index in [9.17, 15) is 8.78 Å². The lowest BCUT2D eigenvalue weighted by Crippen LogP contribution is -2.39. The van der Waals surface area contributed by atoms with E-state index >= 15 is 0 Å². The maximum absolute atomic E-state index is 12.5. The predicted molar refractivity (Wildman–Crippen MR) is 61.6 cm³/mol. The van der Waals surface area contributed by atoms with E-state index in [4.69, 9.17) is 5.73 Å². The van der Waals surface area contributed by atoms with Gasteiger partial charge in [-0.2, -0.15) is 0 Å². The standard InChI is InChI=1S/C11H19F2N3/c1-8(2)7-16-10(14)15-4-3-9-5-11(12,13)6-9/h9H,1,3-7H2,2H3,(H3,14,15,16). The Kier molecular flexibility index (Phi) is 4.26. The summed E-state index contributed by atoms with van der Waals surface area (Å²) in [5.41, 5.74) is 6.50. The van der Waals surface area contributed by atoms with Crippen molar-refractivity contribution in [3.05, 3.63) is 12.2 Å². The molecule has 1 aliphatic rings. The Morgan fingerprint density at radius 1 is 1.56 bits per heavy atom. The first-order valence-corrected chi connectivity index (χ1v) is 5.45. The van der Waals surface area contributed by atoms with Gasteiger partial charge in [-0.1, -0.05) is 12.2 Å². The fourth-order valence-electron chi connectivity index (χ4n) is 1.67. The third-order valence-corrected chi connectivity index (χ3v) is 2.55. The summed E-state index contributed by atoms with van der Waals surface area (Å²) < 4.78 is 25.0. The van der Waals surface area contributed by atoms with Crippen LogP contribution in [0, 0.1) is 5.92 Å². The van der Waals surface area contributed by atoms with Crippen LogP contribution in [-0.2, 0) is 0 Å². The number of rotatable bonds is 5. The summed E-state index contributed by atoms with van der Waals surface area (Å²) in [6.45, 7) is 6.67. The third-order valence-electron chi connectivity index (χ3n) is 2.55. The molecule has 1 saturated carbocycles. The molecular weight excluding hydrogens is 212 g/mol. The lowest BCUT2D eigenvalue weighted by molar-refractivity contribution is -0.111. The first-order valence-electron chi connectivity index (χ1n) is 5.45. The second-order valence-electron chi connectivity index (χ2n) is 4.50. The highest BCUT2D eigenvalue weighted by atomic mass is 19.3. The largest absolute Gasteiger partial charge is 0.370 e. The minimum atomic E-state index is -2.43. The number of guanidine groups is 1. The molecule has 1 fully saturated rings. The van der Waals surface area contributed by atoms with Crippen LogP contribution < -0.4 is 11.1 Å². The van der Waals surface area contributed by atoms with Crippen LogP contribution in [0.4, 0.5) is 8.78 Å². The molecule has 0 bridgehead atoms. The highest BCUT2D eigenvalue weighted by Gasteiger charge is 2.44. The minimum Gasteiger partial charge on any atom is -0.370 e. The Labute approximate surface area is 94.8 Å². The van der Waals surface area contributed by atoms with Crippen LogP contribution in [0.25, 0.3) is 0 Å². The van der Waals surface area contributed by atoms with Gasteiger partial charge in [0, 0.05) is 19.4 Å². The molecule has 92 valence electrons. The highest BCUT2D eigenvalue weighted by molar-refractivity contribution is 5.77. The molecule has 0 atom stereocenters. The van der Waals surface area contributed by atoms with E-state index in [0.717, 1.165) is 12.0 Å². The van der Waals surface area contributed by atoms with Crippen molar-refractivity contribution in [2.45, 2.75) is 32.1 Å². The Hall–Kier alpha value is -1.13. The van der Waals surface area contributed by atoms with E-state index in [1.165, 1.54) is 0 Å². The zero-order valence-electron chi connectivity index (χ0n) is 9.60. The van der Waals surface area contributed by atoms with Crippen LogP contribution in [-0.4, -0.2) is 25.0 Å². The van der Waals surface area contributed by atoms with Crippen LogP contribution in [0.3, 0.4) is 0 Å². The van der Waals surface area contributed by atoms with Gasteiger partial charge in [0.2, 0.25) is 5.92 Å².